The summed E-state index contributed by atoms with van der Waals surface area (Å²) < 4.78 is 13.3. The van der Waals surface area contributed by atoms with E-state index in [1.807, 2.05) is 12.1 Å². The Labute approximate surface area is 130 Å². The standard InChI is InChI=1S/C19H32FN/c1-5-6-7-8-10-17(15-21-19(2,3)4)13-16-11-9-12-18(20)14-16/h9,11-12,14,17,21H,5-8,10,13,15H2,1-4H3. The van der Waals surface area contributed by atoms with Crippen LogP contribution in [0.4, 0.5) is 4.39 Å². The molecule has 0 bridgehead atoms. The van der Waals surface area contributed by atoms with Crippen molar-refractivity contribution in [2.45, 2.75) is 71.8 Å². The highest BCUT2D eigenvalue weighted by Crippen LogP contribution is 2.18. The average molecular weight is 293 g/mol. The first-order valence-electron chi connectivity index (χ1n) is 8.40. The van der Waals surface area contributed by atoms with Crippen molar-refractivity contribution in [2.24, 2.45) is 5.92 Å². The van der Waals surface area contributed by atoms with Crippen LogP contribution in [-0.4, -0.2) is 12.1 Å². The van der Waals surface area contributed by atoms with Crippen LogP contribution in [0.25, 0.3) is 0 Å². The summed E-state index contributed by atoms with van der Waals surface area (Å²) in [5, 5.41) is 3.60. The number of halogens is 1. The molecule has 21 heavy (non-hydrogen) atoms. The Balaban J connectivity index is 2.53. The van der Waals surface area contributed by atoms with Crippen molar-refractivity contribution in [3.63, 3.8) is 0 Å². The Morgan fingerprint density at radius 1 is 1.14 bits per heavy atom. The Morgan fingerprint density at radius 3 is 2.52 bits per heavy atom. The summed E-state index contributed by atoms with van der Waals surface area (Å²) in [6, 6.07) is 7.05. The minimum atomic E-state index is -0.124. The lowest BCUT2D eigenvalue weighted by Crippen LogP contribution is -2.39. The van der Waals surface area contributed by atoms with Gasteiger partial charge >= 0.3 is 0 Å². The highest BCUT2D eigenvalue weighted by atomic mass is 19.1. The molecule has 0 radical (unpaired) electrons. The second kappa shape index (κ2) is 9.19. The fourth-order valence-corrected chi connectivity index (χ4v) is 2.58. The molecule has 1 rings (SSSR count). The molecule has 1 nitrogen and oxygen atoms in total. The van der Waals surface area contributed by atoms with Gasteiger partial charge in [-0.2, -0.15) is 0 Å². The van der Waals surface area contributed by atoms with Crippen molar-refractivity contribution >= 4 is 0 Å². The number of hydrogen-bond acceptors (Lipinski definition) is 1. The molecule has 0 heterocycles. The molecule has 1 aromatic rings. The molecular weight excluding hydrogens is 261 g/mol. The quantitative estimate of drug-likeness (QED) is 0.606. The molecule has 1 N–H and O–H groups in total. The van der Waals surface area contributed by atoms with Crippen molar-refractivity contribution in [1.82, 2.24) is 5.32 Å². The van der Waals surface area contributed by atoms with Gasteiger partial charge in [0.05, 0.1) is 0 Å². The lowest BCUT2D eigenvalue weighted by atomic mass is 9.92. The maximum atomic E-state index is 13.3. The van der Waals surface area contributed by atoms with Crippen LogP contribution in [-0.2, 0) is 6.42 Å². The van der Waals surface area contributed by atoms with Gasteiger partial charge in [-0.15, -0.1) is 0 Å². The van der Waals surface area contributed by atoms with Crippen LogP contribution in [0.3, 0.4) is 0 Å². The van der Waals surface area contributed by atoms with Crippen molar-refractivity contribution < 1.29 is 4.39 Å². The summed E-state index contributed by atoms with van der Waals surface area (Å²) in [4.78, 5) is 0. The van der Waals surface area contributed by atoms with Crippen LogP contribution >= 0.6 is 0 Å². The topological polar surface area (TPSA) is 12.0 Å². The first kappa shape index (κ1) is 18.2. The summed E-state index contributed by atoms with van der Waals surface area (Å²) in [5.41, 5.74) is 1.26. The SMILES string of the molecule is CCCCCCC(CNC(C)(C)C)Cc1cccc(F)c1. The first-order valence-corrected chi connectivity index (χ1v) is 8.40. The molecule has 2 heteroatoms. The molecule has 0 amide bonds. The van der Waals surface area contributed by atoms with E-state index in [-0.39, 0.29) is 11.4 Å². The van der Waals surface area contributed by atoms with E-state index in [4.69, 9.17) is 0 Å². The predicted octanol–water partition coefficient (Wildman–Crippen LogP) is 5.34. The summed E-state index contributed by atoms with van der Waals surface area (Å²) in [6.45, 7) is 9.84. The zero-order chi connectivity index (χ0) is 15.7. The Morgan fingerprint density at radius 2 is 1.90 bits per heavy atom. The smallest absolute Gasteiger partial charge is 0.123 e. The first-order chi connectivity index (χ1) is 9.90. The molecule has 0 saturated heterocycles. The number of hydrogen-bond donors (Lipinski definition) is 1. The number of unbranched alkanes of at least 4 members (excludes halogenated alkanes) is 3. The summed E-state index contributed by atoms with van der Waals surface area (Å²) in [6.07, 6.45) is 7.37. The maximum Gasteiger partial charge on any atom is 0.123 e. The van der Waals surface area contributed by atoms with Crippen molar-refractivity contribution in [2.75, 3.05) is 6.54 Å². The second-order valence-corrected chi connectivity index (χ2v) is 7.18. The normalized spacial score (nSPS) is 13.4. The van der Waals surface area contributed by atoms with E-state index in [2.05, 4.69) is 33.0 Å². The van der Waals surface area contributed by atoms with Gasteiger partial charge in [0.2, 0.25) is 0 Å². The summed E-state index contributed by atoms with van der Waals surface area (Å²) in [7, 11) is 0. The van der Waals surface area contributed by atoms with Gasteiger partial charge < -0.3 is 5.32 Å². The highest BCUT2D eigenvalue weighted by molar-refractivity contribution is 5.16. The molecule has 0 saturated carbocycles. The average Bonchev–Trinajstić information content (AvgIpc) is 2.40. The lowest BCUT2D eigenvalue weighted by molar-refractivity contribution is 0.349. The van der Waals surface area contributed by atoms with Gasteiger partial charge in [-0.1, -0.05) is 44.7 Å². The van der Waals surface area contributed by atoms with E-state index in [1.165, 1.54) is 38.2 Å². The lowest BCUT2D eigenvalue weighted by Gasteiger charge is -2.25. The van der Waals surface area contributed by atoms with Gasteiger partial charge in [-0.3, -0.25) is 0 Å². The van der Waals surface area contributed by atoms with Gasteiger partial charge in [0.1, 0.15) is 5.82 Å². The highest BCUT2D eigenvalue weighted by Gasteiger charge is 2.15. The molecule has 120 valence electrons. The van der Waals surface area contributed by atoms with Crippen LogP contribution in [0.2, 0.25) is 0 Å². The number of rotatable bonds is 9. The molecular formula is C19H32FN. The molecule has 1 aromatic carbocycles. The fraction of sp³-hybridized carbons (Fsp3) is 0.684. The molecule has 1 unspecified atom stereocenters. The van der Waals surface area contributed by atoms with Crippen LogP contribution < -0.4 is 5.32 Å². The van der Waals surface area contributed by atoms with Gasteiger partial charge in [-0.25, -0.2) is 4.39 Å². The van der Waals surface area contributed by atoms with E-state index < -0.39 is 0 Å². The zero-order valence-corrected chi connectivity index (χ0v) is 14.2. The molecule has 0 aromatic heterocycles. The van der Waals surface area contributed by atoms with E-state index in [1.54, 1.807) is 6.07 Å². The maximum absolute atomic E-state index is 13.3. The van der Waals surface area contributed by atoms with E-state index in [9.17, 15) is 4.39 Å². The van der Waals surface area contributed by atoms with Crippen LogP contribution in [0.5, 0.6) is 0 Å². The van der Waals surface area contributed by atoms with Crippen molar-refractivity contribution in [3.8, 4) is 0 Å². The van der Waals surface area contributed by atoms with Gasteiger partial charge in [0, 0.05) is 5.54 Å². The largest absolute Gasteiger partial charge is 0.312 e. The fourth-order valence-electron chi connectivity index (χ4n) is 2.58. The Bertz CT molecular complexity index is 395. The van der Waals surface area contributed by atoms with Crippen LogP contribution in [0.15, 0.2) is 24.3 Å². The van der Waals surface area contributed by atoms with Crippen molar-refractivity contribution in [1.29, 1.82) is 0 Å². The van der Waals surface area contributed by atoms with Crippen molar-refractivity contribution in [3.05, 3.63) is 35.6 Å². The zero-order valence-electron chi connectivity index (χ0n) is 14.2. The molecule has 0 spiro atoms. The van der Waals surface area contributed by atoms with Crippen LogP contribution in [0, 0.1) is 11.7 Å². The number of benzene rings is 1. The number of nitrogens with one attached hydrogen (secondary N) is 1. The monoisotopic (exact) mass is 293 g/mol. The third kappa shape index (κ3) is 8.87. The molecule has 0 aliphatic heterocycles. The van der Waals surface area contributed by atoms with Gasteiger partial charge in [0.25, 0.3) is 0 Å². The van der Waals surface area contributed by atoms with Gasteiger partial charge in [0.15, 0.2) is 0 Å². The summed E-state index contributed by atoms with van der Waals surface area (Å²) in [5.74, 6) is 0.462. The Hall–Kier alpha value is -0.890. The van der Waals surface area contributed by atoms with E-state index in [0.29, 0.717) is 5.92 Å². The van der Waals surface area contributed by atoms with E-state index >= 15 is 0 Å². The molecule has 0 aliphatic rings. The third-order valence-corrected chi connectivity index (χ3v) is 3.80. The summed E-state index contributed by atoms with van der Waals surface area (Å²) >= 11 is 0. The third-order valence-electron chi connectivity index (χ3n) is 3.80. The van der Waals surface area contributed by atoms with E-state index in [0.717, 1.165) is 18.5 Å². The molecule has 1 atom stereocenters. The van der Waals surface area contributed by atoms with Gasteiger partial charge in [-0.05, 0) is 63.8 Å². The predicted molar refractivity (Wildman–Crippen MR) is 90.1 cm³/mol. The van der Waals surface area contributed by atoms with Crippen LogP contribution in [0.1, 0.15) is 65.4 Å². The molecule has 0 fully saturated rings. The Kier molecular flexibility index (Phi) is 7.95. The second-order valence-electron chi connectivity index (χ2n) is 7.18. The minimum Gasteiger partial charge on any atom is -0.312 e. The minimum absolute atomic E-state index is 0.124. The molecule has 0 aliphatic carbocycles.